The highest BCUT2D eigenvalue weighted by atomic mass is 35.5. The zero-order valence-corrected chi connectivity index (χ0v) is 15.6. The Hall–Kier alpha value is -1.75. The molecule has 3 rings (SSSR count). The number of carbonyl (C=O) groups excluding carboxylic acids is 1. The number of hydrogen-bond acceptors (Lipinski definition) is 3. The minimum absolute atomic E-state index is 0. The van der Waals surface area contributed by atoms with Crippen LogP contribution in [0, 0.1) is 5.92 Å². The molecule has 0 fully saturated rings. The van der Waals surface area contributed by atoms with Gasteiger partial charge in [-0.15, -0.1) is 12.4 Å². The van der Waals surface area contributed by atoms with E-state index in [4.69, 9.17) is 16.3 Å². The molecule has 0 saturated carbocycles. The zero-order valence-electron chi connectivity index (χ0n) is 14.0. The Labute approximate surface area is 159 Å². The average Bonchev–Trinajstić information content (AvgIpc) is 2.60. The summed E-state index contributed by atoms with van der Waals surface area (Å²) < 4.78 is 5.71. The molecule has 2 aromatic rings. The molecule has 0 aromatic heterocycles. The van der Waals surface area contributed by atoms with Crippen molar-refractivity contribution in [1.82, 2.24) is 5.32 Å². The number of carbonyl (C=O) groups is 1. The normalized spacial score (nSPS) is 15.5. The Balaban J connectivity index is 0.00000225. The van der Waals surface area contributed by atoms with Crippen molar-refractivity contribution in [3.63, 3.8) is 0 Å². The van der Waals surface area contributed by atoms with Crippen LogP contribution in [0.3, 0.4) is 0 Å². The van der Waals surface area contributed by atoms with Gasteiger partial charge in [-0.1, -0.05) is 36.7 Å². The van der Waals surface area contributed by atoms with Gasteiger partial charge in [0.25, 0.3) is 0 Å². The van der Waals surface area contributed by atoms with Crippen LogP contribution < -0.4 is 15.4 Å². The Kier molecular flexibility index (Phi) is 7.12. The van der Waals surface area contributed by atoms with E-state index in [1.807, 2.05) is 36.4 Å². The van der Waals surface area contributed by atoms with Crippen LogP contribution in [0.5, 0.6) is 5.75 Å². The van der Waals surface area contributed by atoms with Crippen molar-refractivity contribution in [3.05, 3.63) is 58.6 Å². The summed E-state index contributed by atoms with van der Waals surface area (Å²) in [5.41, 5.74) is 2.91. The molecule has 1 heterocycles. The first-order chi connectivity index (χ1) is 11.7. The topological polar surface area (TPSA) is 50.4 Å². The standard InChI is InChI=1S/C19H21ClN2O2.ClH/c1-2-21-11-13-5-3-4-6-17(13)22-19(23)15-9-14-10-16(20)7-8-18(14)24-12-15;/h3-8,10,15,21H,2,9,11-12H2,1H3,(H,22,23);1H. The number of nitrogens with one attached hydrogen (secondary N) is 2. The number of benzene rings is 2. The van der Waals surface area contributed by atoms with Crippen molar-refractivity contribution < 1.29 is 9.53 Å². The average molecular weight is 381 g/mol. The number of ether oxygens (including phenoxy) is 1. The highest BCUT2D eigenvalue weighted by molar-refractivity contribution is 6.30. The maximum absolute atomic E-state index is 12.6. The SMILES string of the molecule is CCNCc1ccccc1NC(=O)C1COc2ccc(Cl)cc2C1.Cl. The minimum atomic E-state index is -0.219. The van der Waals surface area contributed by atoms with E-state index in [0.29, 0.717) is 18.1 Å². The Morgan fingerprint density at radius 1 is 1.28 bits per heavy atom. The summed E-state index contributed by atoms with van der Waals surface area (Å²) in [6.07, 6.45) is 0.636. The molecule has 0 spiro atoms. The van der Waals surface area contributed by atoms with Gasteiger partial charge in [0.05, 0.1) is 5.92 Å². The molecule has 134 valence electrons. The summed E-state index contributed by atoms with van der Waals surface area (Å²) in [6.45, 7) is 4.06. The molecule has 25 heavy (non-hydrogen) atoms. The van der Waals surface area contributed by atoms with Crippen molar-refractivity contribution in [3.8, 4) is 5.75 Å². The second-order valence-electron chi connectivity index (χ2n) is 5.89. The third-order valence-electron chi connectivity index (χ3n) is 4.14. The summed E-state index contributed by atoms with van der Waals surface area (Å²) in [5.74, 6) is 0.573. The zero-order chi connectivity index (χ0) is 16.9. The molecule has 6 heteroatoms. The van der Waals surface area contributed by atoms with Crippen LogP contribution in [0.1, 0.15) is 18.1 Å². The molecule has 1 unspecified atom stereocenters. The van der Waals surface area contributed by atoms with Gasteiger partial charge in [0.1, 0.15) is 12.4 Å². The van der Waals surface area contributed by atoms with Crippen LogP contribution in [0.15, 0.2) is 42.5 Å². The first-order valence-electron chi connectivity index (χ1n) is 8.18. The molecule has 2 N–H and O–H groups in total. The number of rotatable bonds is 5. The van der Waals surface area contributed by atoms with Gasteiger partial charge < -0.3 is 15.4 Å². The van der Waals surface area contributed by atoms with Crippen molar-refractivity contribution >= 4 is 35.6 Å². The van der Waals surface area contributed by atoms with Crippen LogP contribution in [0.25, 0.3) is 0 Å². The van der Waals surface area contributed by atoms with Gasteiger partial charge in [-0.3, -0.25) is 4.79 Å². The Morgan fingerprint density at radius 2 is 2.08 bits per heavy atom. The van der Waals surface area contributed by atoms with Crippen LogP contribution in [0.2, 0.25) is 5.02 Å². The summed E-state index contributed by atoms with van der Waals surface area (Å²) >= 11 is 6.04. The number of fused-ring (bicyclic) bond motifs is 1. The van der Waals surface area contributed by atoms with Gasteiger partial charge in [0, 0.05) is 17.3 Å². The lowest BCUT2D eigenvalue weighted by Crippen LogP contribution is -2.33. The number of amides is 1. The molecule has 0 saturated heterocycles. The smallest absolute Gasteiger partial charge is 0.231 e. The lowest BCUT2D eigenvalue weighted by molar-refractivity contribution is -0.121. The molecule has 1 aliphatic rings. The molecule has 2 aromatic carbocycles. The lowest BCUT2D eigenvalue weighted by Gasteiger charge is -2.25. The number of anilines is 1. The largest absolute Gasteiger partial charge is 0.492 e. The highest BCUT2D eigenvalue weighted by Crippen LogP contribution is 2.30. The number of halogens is 2. The molecule has 1 atom stereocenters. The van der Waals surface area contributed by atoms with E-state index in [-0.39, 0.29) is 24.2 Å². The third kappa shape index (κ3) is 4.88. The van der Waals surface area contributed by atoms with Crippen LogP contribution >= 0.6 is 24.0 Å². The quantitative estimate of drug-likeness (QED) is 0.821. The molecular formula is C19H22Cl2N2O2. The van der Waals surface area contributed by atoms with Crippen LogP contribution in [-0.2, 0) is 17.8 Å². The molecule has 1 aliphatic heterocycles. The van der Waals surface area contributed by atoms with Crippen molar-refractivity contribution in [2.45, 2.75) is 19.9 Å². The predicted molar refractivity (Wildman–Crippen MR) is 104 cm³/mol. The van der Waals surface area contributed by atoms with Crippen molar-refractivity contribution in [2.24, 2.45) is 5.92 Å². The summed E-state index contributed by atoms with van der Waals surface area (Å²) in [4.78, 5) is 12.6. The Bertz CT molecular complexity index is 737. The van der Waals surface area contributed by atoms with Crippen molar-refractivity contribution in [1.29, 1.82) is 0 Å². The van der Waals surface area contributed by atoms with E-state index >= 15 is 0 Å². The van der Waals surface area contributed by atoms with Gasteiger partial charge in [-0.25, -0.2) is 0 Å². The molecule has 0 bridgehead atoms. The minimum Gasteiger partial charge on any atom is -0.492 e. The van der Waals surface area contributed by atoms with Gasteiger partial charge in [0.15, 0.2) is 0 Å². The first kappa shape index (κ1) is 19.6. The van der Waals surface area contributed by atoms with E-state index in [9.17, 15) is 4.79 Å². The molecule has 0 radical (unpaired) electrons. The van der Waals surface area contributed by atoms with Gasteiger partial charge in [-0.05, 0) is 48.4 Å². The summed E-state index contributed by atoms with van der Waals surface area (Å²) in [6, 6.07) is 13.4. The third-order valence-corrected chi connectivity index (χ3v) is 4.38. The van der Waals surface area contributed by atoms with E-state index in [1.54, 1.807) is 6.07 Å². The lowest BCUT2D eigenvalue weighted by atomic mass is 9.96. The molecular weight excluding hydrogens is 359 g/mol. The van der Waals surface area contributed by atoms with Gasteiger partial charge >= 0.3 is 0 Å². The van der Waals surface area contributed by atoms with E-state index in [2.05, 4.69) is 17.6 Å². The highest BCUT2D eigenvalue weighted by Gasteiger charge is 2.26. The summed E-state index contributed by atoms with van der Waals surface area (Å²) in [7, 11) is 0. The molecule has 0 aliphatic carbocycles. The Morgan fingerprint density at radius 3 is 2.88 bits per heavy atom. The second-order valence-corrected chi connectivity index (χ2v) is 6.33. The maximum Gasteiger partial charge on any atom is 0.231 e. The summed E-state index contributed by atoms with van der Waals surface area (Å²) in [5, 5.41) is 6.99. The molecule has 4 nitrogen and oxygen atoms in total. The van der Waals surface area contributed by atoms with E-state index in [1.165, 1.54) is 0 Å². The van der Waals surface area contributed by atoms with Crippen molar-refractivity contribution in [2.75, 3.05) is 18.5 Å². The molecule has 1 amide bonds. The second kappa shape index (κ2) is 9.09. The fourth-order valence-corrected chi connectivity index (χ4v) is 3.02. The predicted octanol–water partition coefficient (Wildman–Crippen LogP) is 4.06. The monoisotopic (exact) mass is 380 g/mol. The fraction of sp³-hybridized carbons (Fsp3) is 0.316. The number of hydrogen-bond donors (Lipinski definition) is 2. The first-order valence-corrected chi connectivity index (χ1v) is 8.56. The van der Waals surface area contributed by atoms with E-state index in [0.717, 1.165) is 35.7 Å². The van der Waals surface area contributed by atoms with Crippen LogP contribution in [0.4, 0.5) is 5.69 Å². The number of para-hydroxylation sites is 1. The fourth-order valence-electron chi connectivity index (χ4n) is 2.82. The van der Waals surface area contributed by atoms with Gasteiger partial charge in [0.2, 0.25) is 5.91 Å². The van der Waals surface area contributed by atoms with Gasteiger partial charge in [-0.2, -0.15) is 0 Å². The maximum atomic E-state index is 12.6. The van der Waals surface area contributed by atoms with E-state index < -0.39 is 0 Å². The van der Waals surface area contributed by atoms with Crippen LogP contribution in [-0.4, -0.2) is 19.1 Å².